The Labute approximate surface area is 158 Å². The molecule has 0 amide bonds. The molecule has 0 radical (unpaired) electrons. The smallest absolute Gasteiger partial charge is 0.113 e. The molecule has 2 aromatic heterocycles. The minimum atomic E-state index is 0.204. The van der Waals surface area contributed by atoms with Gasteiger partial charge in [0, 0.05) is 16.3 Å². The predicted octanol–water partition coefficient (Wildman–Crippen LogP) is 3.25. The molecule has 0 bridgehead atoms. The quantitative estimate of drug-likeness (QED) is 0.702. The van der Waals surface area contributed by atoms with E-state index >= 15 is 0 Å². The number of thiophene rings is 1. The number of aromatic nitrogens is 2. The highest BCUT2D eigenvalue weighted by molar-refractivity contribution is 7.15. The van der Waals surface area contributed by atoms with E-state index < -0.39 is 0 Å². The molecule has 2 N–H and O–H groups in total. The highest BCUT2D eigenvalue weighted by atomic mass is 32.1. The van der Waals surface area contributed by atoms with E-state index in [1.807, 2.05) is 6.07 Å². The van der Waals surface area contributed by atoms with Crippen molar-refractivity contribution >= 4 is 40.4 Å². The standard InChI is InChI=1S/C17H17FN6S2/c18-6-12(7-19)8-24-11-23(10-20-24)9-14-2-4-17(25-14)13-1-3-15-16(5-13)22-26-21-15/h1-6,10H,7-9,11,19H2/b12-6+. The monoisotopic (exact) mass is 388 g/mol. The van der Waals surface area contributed by atoms with Crippen molar-refractivity contribution < 1.29 is 4.39 Å². The molecule has 0 atom stereocenters. The number of fused-ring (bicyclic) bond motifs is 1. The van der Waals surface area contributed by atoms with E-state index in [-0.39, 0.29) is 6.54 Å². The third-order valence-electron chi connectivity index (χ3n) is 4.08. The van der Waals surface area contributed by atoms with E-state index in [9.17, 15) is 4.39 Å². The van der Waals surface area contributed by atoms with Gasteiger partial charge in [0.1, 0.15) is 24.0 Å². The van der Waals surface area contributed by atoms with Crippen LogP contribution in [0.2, 0.25) is 0 Å². The second-order valence-corrected chi connectivity index (χ2v) is 7.69. The molecular formula is C17H17FN6S2. The summed E-state index contributed by atoms with van der Waals surface area (Å²) in [7, 11) is 0. The Kier molecular flexibility index (Phi) is 4.91. The molecule has 0 fully saturated rings. The summed E-state index contributed by atoms with van der Waals surface area (Å²) in [5.74, 6) is 0. The lowest BCUT2D eigenvalue weighted by Gasteiger charge is -2.18. The Morgan fingerprint density at radius 3 is 2.96 bits per heavy atom. The first-order chi connectivity index (χ1) is 12.7. The second kappa shape index (κ2) is 7.48. The van der Waals surface area contributed by atoms with E-state index in [1.54, 1.807) is 22.7 Å². The lowest BCUT2D eigenvalue weighted by Crippen LogP contribution is -2.28. The molecule has 3 heterocycles. The molecule has 0 unspecified atom stereocenters. The van der Waals surface area contributed by atoms with E-state index in [1.165, 1.54) is 21.5 Å². The lowest BCUT2D eigenvalue weighted by atomic mass is 10.1. The average Bonchev–Trinajstić information content (AvgIpc) is 3.40. The molecule has 134 valence electrons. The van der Waals surface area contributed by atoms with Gasteiger partial charge in [0.15, 0.2) is 0 Å². The van der Waals surface area contributed by atoms with E-state index in [2.05, 4.69) is 43.0 Å². The fourth-order valence-corrected chi connectivity index (χ4v) is 4.29. The molecule has 26 heavy (non-hydrogen) atoms. The first kappa shape index (κ1) is 17.1. The summed E-state index contributed by atoms with van der Waals surface area (Å²) < 4.78 is 21.2. The number of hydrazone groups is 1. The van der Waals surface area contributed by atoms with Crippen LogP contribution in [0.25, 0.3) is 21.5 Å². The molecule has 6 nitrogen and oxygen atoms in total. The number of hydrogen-bond donors (Lipinski definition) is 1. The predicted molar refractivity (Wildman–Crippen MR) is 105 cm³/mol. The van der Waals surface area contributed by atoms with Crippen LogP contribution in [0.15, 0.2) is 47.3 Å². The van der Waals surface area contributed by atoms with Gasteiger partial charge in [-0.2, -0.15) is 13.8 Å². The third-order valence-corrected chi connectivity index (χ3v) is 5.76. The van der Waals surface area contributed by atoms with Gasteiger partial charge in [-0.25, -0.2) is 4.39 Å². The topological polar surface area (TPSA) is 70.6 Å². The van der Waals surface area contributed by atoms with Crippen molar-refractivity contribution in [3.63, 3.8) is 0 Å². The second-order valence-electron chi connectivity index (χ2n) is 5.99. The van der Waals surface area contributed by atoms with Gasteiger partial charge in [-0.15, -0.1) is 11.3 Å². The van der Waals surface area contributed by atoms with Crippen LogP contribution < -0.4 is 5.73 Å². The first-order valence-electron chi connectivity index (χ1n) is 8.08. The summed E-state index contributed by atoms with van der Waals surface area (Å²) in [4.78, 5) is 4.54. The zero-order valence-corrected chi connectivity index (χ0v) is 15.5. The molecule has 0 aliphatic carbocycles. The molecule has 1 aliphatic heterocycles. The van der Waals surface area contributed by atoms with Crippen LogP contribution in [0.3, 0.4) is 0 Å². The maximum absolute atomic E-state index is 12.7. The molecule has 1 aromatic carbocycles. The van der Waals surface area contributed by atoms with Crippen LogP contribution in [0.4, 0.5) is 4.39 Å². The minimum Gasteiger partial charge on any atom is -0.337 e. The van der Waals surface area contributed by atoms with Gasteiger partial charge >= 0.3 is 0 Å². The molecule has 1 aliphatic rings. The third kappa shape index (κ3) is 3.59. The summed E-state index contributed by atoms with van der Waals surface area (Å²) in [5, 5.41) is 6.11. The molecule has 9 heteroatoms. The van der Waals surface area contributed by atoms with Crippen LogP contribution in [-0.2, 0) is 6.54 Å². The van der Waals surface area contributed by atoms with Crippen molar-refractivity contribution in [3.8, 4) is 10.4 Å². The number of halogens is 1. The Hall–Kier alpha value is -2.36. The molecule has 3 aromatic rings. The summed E-state index contributed by atoms with van der Waals surface area (Å²) in [6.07, 6.45) is 2.36. The van der Waals surface area contributed by atoms with Crippen molar-refractivity contribution in [1.29, 1.82) is 0 Å². The number of hydrogen-bond acceptors (Lipinski definition) is 8. The van der Waals surface area contributed by atoms with Gasteiger partial charge < -0.3 is 10.6 Å². The van der Waals surface area contributed by atoms with Crippen molar-refractivity contribution in [2.24, 2.45) is 10.8 Å². The zero-order valence-electron chi connectivity index (χ0n) is 13.9. The zero-order chi connectivity index (χ0) is 17.9. The van der Waals surface area contributed by atoms with Crippen LogP contribution >= 0.6 is 23.1 Å². The molecular weight excluding hydrogens is 371 g/mol. The van der Waals surface area contributed by atoms with E-state index in [0.717, 1.165) is 23.1 Å². The summed E-state index contributed by atoms with van der Waals surface area (Å²) in [6, 6.07) is 10.4. The van der Waals surface area contributed by atoms with Crippen molar-refractivity contribution in [2.75, 3.05) is 19.8 Å². The Bertz CT molecular complexity index is 963. The number of rotatable bonds is 6. The highest BCUT2D eigenvalue weighted by Crippen LogP contribution is 2.30. The number of nitrogens with zero attached hydrogens (tertiary/aromatic N) is 5. The van der Waals surface area contributed by atoms with Gasteiger partial charge in [0.25, 0.3) is 0 Å². The largest absolute Gasteiger partial charge is 0.337 e. The number of nitrogens with two attached hydrogens (primary N) is 1. The molecule has 0 spiro atoms. The molecule has 4 rings (SSSR count). The molecule has 0 saturated carbocycles. The normalized spacial score (nSPS) is 14.8. The van der Waals surface area contributed by atoms with Crippen LogP contribution in [-0.4, -0.2) is 44.8 Å². The maximum atomic E-state index is 12.7. The van der Waals surface area contributed by atoms with Crippen LogP contribution in [0, 0.1) is 0 Å². The van der Waals surface area contributed by atoms with Crippen molar-refractivity contribution in [2.45, 2.75) is 6.54 Å². The van der Waals surface area contributed by atoms with Gasteiger partial charge in [0.2, 0.25) is 0 Å². The minimum absolute atomic E-state index is 0.204. The van der Waals surface area contributed by atoms with Crippen molar-refractivity contribution in [1.82, 2.24) is 18.7 Å². The van der Waals surface area contributed by atoms with E-state index in [0.29, 0.717) is 25.1 Å². The van der Waals surface area contributed by atoms with Gasteiger partial charge in [0.05, 0.1) is 31.1 Å². The van der Waals surface area contributed by atoms with Crippen molar-refractivity contribution in [3.05, 3.63) is 47.1 Å². The Morgan fingerprint density at radius 1 is 1.23 bits per heavy atom. The first-order valence-corrected chi connectivity index (χ1v) is 9.62. The van der Waals surface area contributed by atoms with Crippen LogP contribution in [0.1, 0.15) is 4.88 Å². The maximum Gasteiger partial charge on any atom is 0.113 e. The molecule has 0 saturated heterocycles. The van der Waals surface area contributed by atoms with Gasteiger partial charge in [-0.3, -0.25) is 5.01 Å². The SMILES string of the molecule is NC/C(=C\F)CN1CN(Cc2ccc(-c3ccc4nsnc4c3)s2)C=N1. The lowest BCUT2D eigenvalue weighted by molar-refractivity contribution is 0.247. The summed E-state index contributed by atoms with van der Waals surface area (Å²) in [6.45, 7) is 2.01. The summed E-state index contributed by atoms with van der Waals surface area (Å²) in [5.41, 5.74) is 9.05. The summed E-state index contributed by atoms with van der Waals surface area (Å²) >= 11 is 2.98. The average molecular weight is 388 g/mol. The Balaban J connectivity index is 1.40. The van der Waals surface area contributed by atoms with Gasteiger partial charge in [-0.05, 0) is 35.4 Å². The van der Waals surface area contributed by atoms with E-state index in [4.69, 9.17) is 5.73 Å². The van der Waals surface area contributed by atoms with Gasteiger partial charge in [-0.1, -0.05) is 6.07 Å². The highest BCUT2D eigenvalue weighted by Gasteiger charge is 2.16. The van der Waals surface area contributed by atoms with Crippen LogP contribution in [0.5, 0.6) is 0 Å². The fraction of sp³-hybridized carbons (Fsp3) is 0.235. The Morgan fingerprint density at radius 2 is 2.12 bits per heavy atom. The number of benzene rings is 1. The fourth-order valence-electron chi connectivity index (χ4n) is 2.74.